The maximum atomic E-state index is 11.5. The summed E-state index contributed by atoms with van der Waals surface area (Å²) in [6.07, 6.45) is 0. The number of amides is 1. The predicted octanol–water partition coefficient (Wildman–Crippen LogP) is -0.196. The molecule has 7 heteroatoms. The van der Waals surface area contributed by atoms with Crippen LogP contribution in [0.15, 0.2) is 29.3 Å². The molecular formula is C12H10N2O5. The van der Waals surface area contributed by atoms with Crippen molar-refractivity contribution in [1.29, 1.82) is 0 Å². The molecule has 1 aromatic carbocycles. The summed E-state index contributed by atoms with van der Waals surface area (Å²) >= 11 is 0. The van der Waals surface area contributed by atoms with Gasteiger partial charge in [-0.25, -0.2) is 9.79 Å². The van der Waals surface area contributed by atoms with Crippen molar-refractivity contribution in [3.8, 4) is 0 Å². The number of hydrogen-bond donors (Lipinski definition) is 2. The molecule has 1 aliphatic heterocycles. The van der Waals surface area contributed by atoms with Crippen LogP contribution >= 0.6 is 0 Å². The number of ether oxygens (including phenoxy) is 1. The van der Waals surface area contributed by atoms with Gasteiger partial charge in [-0.3, -0.25) is 9.59 Å². The lowest BCUT2D eigenvalue weighted by atomic mass is 10.1. The molecule has 1 aromatic rings. The average molecular weight is 262 g/mol. The summed E-state index contributed by atoms with van der Waals surface area (Å²) in [7, 11) is 0. The van der Waals surface area contributed by atoms with E-state index in [1.165, 1.54) is 12.1 Å². The van der Waals surface area contributed by atoms with E-state index in [0.29, 0.717) is 11.1 Å². The maximum Gasteiger partial charge on any atom is 0.334 e. The molecule has 0 fully saturated rings. The molecule has 0 radical (unpaired) electrons. The Morgan fingerprint density at radius 3 is 2.53 bits per heavy atom. The molecule has 0 spiro atoms. The van der Waals surface area contributed by atoms with Crippen LogP contribution in [0.4, 0.5) is 0 Å². The summed E-state index contributed by atoms with van der Waals surface area (Å²) < 4.78 is 4.86. The normalized spacial score (nSPS) is 13.7. The van der Waals surface area contributed by atoms with Gasteiger partial charge in [0.1, 0.15) is 13.1 Å². The van der Waals surface area contributed by atoms with Gasteiger partial charge in [0.25, 0.3) is 5.91 Å². The highest BCUT2D eigenvalue weighted by atomic mass is 16.6. The summed E-state index contributed by atoms with van der Waals surface area (Å²) in [5.74, 6) is -1.79. The second-order valence-electron chi connectivity index (χ2n) is 3.75. The van der Waals surface area contributed by atoms with E-state index in [4.69, 9.17) is 9.84 Å². The minimum Gasteiger partial charge on any atom is -0.480 e. The molecule has 1 heterocycles. The number of aliphatic imine (C=N–C) groups is 1. The van der Waals surface area contributed by atoms with Crippen molar-refractivity contribution >= 4 is 23.7 Å². The number of benzene rings is 1. The number of rotatable bonds is 4. The highest BCUT2D eigenvalue weighted by Gasteiger charge is 2.18. The van der Waals surface area contributed by atoms with Crippen LogP contribution in [0.5, 0.6) is 0 Å². The molecule has 2 N–H and O–H groups in total. The van der Waals surface area contributed by atoms with Crippen LogP contribution < -0.4 is 5.32 Å². The van der Waals surface area contributed by atoms with Crippen LogP contribution in [0.2, 0.25) is 0 Å². The number of carbonyl (C=O) groups excluding carboxylic acids is 2. The summed E-state index contributed by atoms with van der Waals surface area (Å²) in [6, 6.07) is 6.16. The Labute approximate surface area is 107 Å². The largest absolute Gasteiger partial charge is 0.480 e. The molecule has 7 nitrogen and oxygen atoms in total. The smallest absolute Gasteiger partial charge is 0.334 e. The Hall–Kier alpha value is -2.70. The number of nitrogens with zero attached hydrogens (tertiary/aromatic N) is 1. The van der Waals surface area contributed by atoms with E-state index in [9.17, 15) is 14.4 Å². The number of cyclic esters (lactones) is 1. The van der Waals surface area contributed by atoms with E-state index >= 15 is 0 Å². The molecule has 0 aliphatic carbocycles. The fourth-order valence-corrected chi connectivity index (χ4v) is 1.48. The minimum atomic E-state index is -1.11. The summed E-state index contributed by atoms with van der Waals surface area (Å²) in [4.78, 5) is 36.6. The monoisotopic (exact) mass is 262 g/mol. The Balaban J connectivity index is 2.04. The zero-order valence-corrected chi connectivity index (χ0v) is 9.75. The van der Waals surface area contributed by atoms with Crippen molar-refractivity contribution in [2.75, 3.05) is 13.1 Å². The van der Waals surface area contributed by atoms with Crippen LogP contribution in [0, 0.1) is 0 Å². The van der Waals surface area contributed by atoms with E-state index in [-0.39, 0.29) is 12.4 Å². The van der Waals surface area contributed by atoms with Gasteiger partial charge in [-0.05, 0) is 24.3 Å². The fraction of sp³-hybridized carbons (Fsp3) is 0.167. The fourth-order valence-electron chi connectivity index (χ4n) is 1.48. The summed E-state index contributed by atoms with van der Waals surface area (Å²) in [5, 5.41) is 10.7. The van der Waals surface area contributed by atoms with Crippen molar-refractivity contribution in [2.45, 2.75) is 0 Å². The van der Waals surface area contributed by atoms with Gasteiger partial charge in [0.05, 0.1) is 0 Å². The van der Waals surface area contributed by atoms with Crippen LogP contribution in [-0.2, 0) is 14.3 Å². The summed E-state index contributed by atoms with van der Waals surface area (Å²) in [5.41, 5.74) is 0.899. The maximum absolute atomic E-state index is 11.5. The lowest BCUT2D eigenvalue weighted by molar-refractivity contribution is -0.136. The van der Waals surface area contributed by atoms with Gasteiger partial charge in [0.2, 0.25) is 5.90 Å². The second-order valence-corrected chi connectivity index (χ2v) is 3.75. The van der Waals surface area contributed by atoms with E-state index in [0.717, 1.165) is 0 Å². The third-order valence-electron chi connectivity index (χ3n) is 2.36. The first kappa shape index (κ1) is 12.7. The van der Waals surface area contributed by atoms with Gasteiger partial charge in [-0.15, -0.1) is 0 Å². The second kappa shape index (κ2) is 5.30. The van der Waals surface area contributed by atoms with E-state index < -0.39 is 24.4 Å². The Bertz CT molecular complexity index is 562. The van der Waals surface area contributed by atoms with Crippen LogP contribution in [0.25, 0.3) is 0 Å². The zero-order chi connectivity index (χ0) is 13.8. The van der Waals surface area contributed by atoms with E-state index in [1.54, 1.807) is 12.1 Å². The number of carbonyl (C=O) groups is 3. The molecule has 0 atom stereocenters. The van der Waals surface area contributed by atoms with Crippen LogP contribution in [-0.4, -0.2) is 41.9 Å². The number of esters is 1. The van der Waals surface area contributed by atoms with Gasteiger partial charge >= 0.3 is 11.9 Å². The SMILES string of the molecule is O=C(O)CNC(=O)c1ccc(C2=NCC(=O)O2)cc1. The predicted molar refractivity (Wildman–Crippen MR) is 63.9 cm³/mol. The molecule has 98 valence electrons. The quantitative estimate of drug-likeness (QED) is 0.731. The first-order chi connectivity index (χ1) is 9.06. The van der Waals surface area contributed by atoms with Crippen molar-refractivity contribution in [3.05, 3.63) is 35.4 Å². The Morgan fingerprint density at radius 2 is 2.00 bits per heavy atom. The Kier molecular flexibility index (Phi) is 3.56. The standard InChI is InChI=1S/C12H10N2O5/c15-9(16)5-13-11(18)7-1-3-8(4-2-7)12-14-6-10(17)19-12/h1-4H,5-6H2,(H,13,18)(H,15,16). The minimum absolute atomic E-state index is 0.00379. The Morgan fingerprint density at radius 1 is 1.32 bits per heavy atom. The molecule has 0 saturated heterocycles. The molecule has 2 rings (SSSR count). The third kappa shape index (κ3) is 3.15. The first-order valence-corrected chi connectivity index (χ1v) is 5.42. The van der Waals surface area contributed by atoms with Gasteiger partial charge in [0, 0.05) is 11.1 Å². The number of aliphatic carboxylic acids is 1. The first-order valence-electron chi connectivity index (χ1n) is 5.42. The van der Waals surface area contributed by atoms with Gasteiger partial charge in [-0.1, -0.05) is 0 Å². The number of nitrogens with one attached hydrogen (secondary N) is 1. The zero-order valence-electron chi connectivity index (χ0n) is 9.75. The highest BCUT2D eigenvalue weighted by Crippen LogP contribution is 2.10. The van der Waals surface area contributed by atoms with E-state index in [1.807, 2.05) is 0 Å². The lowest BCUT2D eigenvalue weighted by Gasteiger charge is -2.04. The molecule has 1 aliphatic rings. The molecule has 1 amide bonds. The molecular weight excluding hydrogens is 252 g/mol. The van der Waals surface area contributed by atoms with Crippen molar-refractivity contribution in [1.82, 2.24) is 5.32 Å². The van der Waals surface area contributed by atoms with Gasteiger partial charge < -0.3 is 15.2 Å². The topological polar surface area (TPSA) is 105 Å². The van der Waals surface area contributed by atoms with Crippen LogP contribution in [0.3, 0.4) is 0 Å². The molecule has 19 heavy (non-hydrogen) atoms. The molecule has 0 unspecified atom stereocenters. The summed E-state index contributed by atoms with van der Waals surface area (Å²) in [6.45, 7) is -0.443. The van der Waals surface area contributed by atoms with Crippen molar-refractivity contribution in [3.63, 3.8) is 0 Å². The highest BCUT2D eigenvalue weighted by molar-refractivity contribution is 6.05. The number of carboxylic acids is 1. The van der Waals surface area contributed by atoms with Crippen molar-refractivity contribution < 1.29 is 24.2 Å². The third-order valence-corrected chi connectivity index (χ3v) is 2.36. The molecule has 0 bridgehead atoms. The average Bonchev–Trinajstić information content (AvgIpc) is 2.83. The van der Waals surface area contributed by atoms with Crippen LogP contribution in [0.1, 0.15) is 15.9 Å². The molecule has 0 aromatic heterocycles. The number of hydrogen-bond acceptors (Lipinski definition) is 5. The molecule has 0 saturated carbocycles. The number of carboxylic acid groups (broad SMARTS) is 1. The van der Waals surface area contributed by atoms with Crippen molar-refractivity contribution in [2.24, 2.45) is 4.99 Å². The van der Waals surface area contributed by atoms with E-state index in [2.05, 4.69) is 10.3 Å². The van der Waals surface area contributed by atoms with Gasteiger partial charge in [0.15, 0.2) is 0 Å². The van der Waals surface area contributed by atoms with Gasteiger partial charge in [-0.2, -0.15) is 0 Å². The lowest BCUT2D eigenvalue weighted by Crippen LogP contribution is -2.29.